The third kappa shape index (κ3) is 3.21. The van der Waals surface area contributed by atoms with E-state index < -0.39 is 5.92 Å². The molecule has 0 bridgehead atoms. The van der Waals surface area contributed by atoms with Gasteiger partial charge in [-0.1, -0.05) is 11.8 Å². The second-order valence-corrected chi connectivity index (χ2v) is 8.51. The van der Waals surface area contributed by atoms with Crippen LogP contribution in [0.25, 0.3) is 11.8 Å². The summed E-state index contributed by atoms with van der Waals surface area (Å²) < 4.78 is 7.39. The zero-order valence-corrected chi connectivity index (χ0v) is 17.4. The van der Waals surface area contributed by atoms with Crippen LogP contribution < -0.4 is 4.74 Å². The monoisotopic (exact) mass is 409 g/mol. The van der Waals surface area contributed by atoms with Gasteiger partial charge in [-0.05, 0) is 55.8 Å². The normalized spacial score (nSPS) is 18.2. The van der Waals surface area contributed by atoms with Crippen LogP contribution in [0.15, 0.2) is 46.8 Å². The number of carbonyl (C=O) groups is 1. The Morgan fingerprint density at radius 3 is 2.64 bits per heavy atom. The van der Waals surface area contributed by atoms with Gasteiger partial charge in [0, 0.05) is 28.7 Å². The van der Waals surface area contributed by atoms with Crippen LogP contribution in [0.4, 0.5) is 0 Å². The van der Waals surface area contributed by atoms with E-state index in [0.717, 1.165) is 28.4 Å². The number of ketones is 1. The Balaban J connectivity index is 1.69. The fourth-order valence-corrected chi connectivity index (χ4v) is 5.19. The van der Waals surface area contributed by atoms with Crippen molar-refractivity contribution >= 4 is 40.0 Å². The Morgan fingerprint density at radius 2 is 2.00 bits per heavy atom. The molecule has 5 nitrogen and oxygen atoms in total. The molecule has 0 amide bonds. The number of hydrogen-bond acceptors (Lipinski definition) is 6. The molecule has 1 N–H and O–H groups in total. The van der Waals surface area contributed by atoms with Gasteiger partial charge in [-0.25, -0.2) is 4.98 Å². The van der Waals surface area contributed by atoms with E-state index in [1.807, 2.05) is 49.6 Å². The number of carbonyl (C=O) groups excluding carboxylic acids is 1. The van der Waals surface area contributed by atoms with Gasteiger partial charge < -0.3 is 9.30 Å². The lowest BCUT2D eigenvalue weighted by atomic mass is 10.1. The lowest BCUT2D eigenvalue weighted by Gasteiger charge is -2.10. The zero-order chi connectivity index (χ0) is 19.8. The van der Waals surface area contributed by atoms with E-state index in [9.17, 15) is 4.79 Å². The highest BCUT2D eigenvalue weighted by Gasteiger charge is 2.38. The van der Waals surface area contributed by atoms with Gasteiger partial charge in [-0.2, -0.15) is 0 Å². The molecule has 1 aliphatic heterocycles. The van der Waals surface area contributed by atoms with E-state index in [2.05, 4.69) is 15.6 Å². The molecule has 7 heteroatoms. The van der Waals surface area contributed by atoms with Crippen molar-refractivity contribution in [3.05, 3.63) is 68.8 Å². The van der Waals surface area contributed by atoms with Gasteiger partial charge in [-0.3, -0.25) is 10.2 Å². The summed E-state index contributed by atoms with van der Waals surface area (Å²) in [5, 5.41) is 11.1. The summed E-state index contributed by atoms with van der Waals surface area (Å²) in [6, 6.07) is 9.96. The van der Waals surface area contributed by atoms with Gasteiger partial charge in [0.2, 0.25) is 0 Å². The molecule has 1 saturated heterocycles. The van der Waals surface area contributed by atoms with Crippen molar-refractivity contribution in [2.75, 3.05) is 7.11 Å². The molecule has 1 aliphatic rings. The average molecular weight is 410 g/mol. The molecule has 3 heterocycles. The van der Waals surface area contributed by atoms with Crippen molar-refractivity contribution in [3.8, 4) is 11.4 Å². The van der Waals surface area contributed by atoms with Crippen molar-refractivity contribution in [1.29, 1.82) is 5.41 Å². The molecular weight excluding hydrogens is 390 g/mol. The number of aryl methyl sites for hydroxylation is 1. The Kier molecular flexibility index (Phi) is 4.95. The van der Waals surface area contributed by atoms with Crippen molar-refractivity contribution in [2.45, 2.75) is 19.8 Å². The number of benzene rings is 1. The van der Waals surface area contributed by atoms with E-state index >= 15 is 0 Å². The maximum atomic E-state index is 12.9. The number of nitrogens with one attached hydrogen (secondary N) is 1. The first-order valence-corrected chi connectivity index (χ1v) is 10.4. The van der Waals surface area contributed by atoms with Crippen molar-refractivity contribution in [3.63, 3.8) is 0 Å². The van der Waals surface area contributed by atoms with E-state index in [1.54, 1.807) is 13.3 Å². The van der Waals surface area contributed by atoms with E-state index in [-0.39, 0.29) is 5.78 Å². The summed E-state index contributed by atoms with van der Waals surface area (Å²) in [7, 11) is 1.65. The summed E-state index contributed by atoms with van der Waals surface area (Å²) >= 11 is 2.65. The maximum Gasteiger partial charge on any atom is 0.186 e. The van der Waals surface area contributed by atoms with Crippen LogP contribution in [0.5, 0.6) is 5.75 Å². The first-order chi connectivity index (χ1) is 13.5. The number of methoxy groups -OCH3 is 1. The molecule has 1 fully saturated rings. The highest BCUT2D eigenvalue weighted by atomic mass is 32.2. The lowest BCUT2D eigenvalue weighted by molar-refractivity contribution is -0.114. The van der Waals surface area contributed by atoms with Crippen LogP contribution in [0.1, 0.15) is 27.9 Å². The minimum absolute atomic E-state index is 0.0424. The Morgan fingerprint density at radius 1 is 1.25 bits per heavy atom. The third-order valence-corrected chi connectivity index (χ3v) is 6.61. The van der Waals surface area contributed by atoms with Crippen LogP contribution >= 0.6 is 23.1 Å². The minimum atomic E-state index is -0.554. The predicted molar refractivity (Wildman–Crippen MR) is 115 cm³/mol. The molecule has 1 atom stereocenters. The first-order valence-electron chi connectivity index (χ1n) is 8.74. The summed E-state index contributed by atoms with van der Waals surface area (Å²) in [4.78, 5) is 17.7. The molecule has 0 unspecified atom stereocenters. The molecule has 0 radical (unpaired) electrons. The van der Waals surface area contributed by atoms with Gasteiger partial charge in [-0.15, -0.1) is 11.3 Å². The predicted octanol–water partition coefficient (Wildman–Crippen LogP) is 4.98. The van der Waals surface area contributed by atoms with Crippen molar-refractivity contribution in [1.82, 2.24) is 9.55 Å². The van der Waals surface area contributed by atoms with Gasteiger partial charge in [0.25, 0.3) is 0 Å². The smallest absolute Gasteiger partial charge is 0.186 e. The van der Waals surface area contributed by atoms with Gasteiger partial charge in [0.05, 0.1) is 17.1 Å². The first kappa shape index (κ1) is 18.7. The summed E-state index contributed by atoms with van der Waals surface area (Å²) in [5.74, 6) is 0.216. The quantitative estimate of drug-likeness (QED) is 0.617. The fourth-order valence-electron chi connectivity index (χ4n) is 3.39. The molecular formula is C21H19N3O2S2. The van der Waals surface area contributed by atoms with Crippen LogP contribution in [-0.2, 0) is 4.79 Å². The third-order valence-electron chi connectivity index (χ3n) is 4.77. The number of Topliss-reactive ketones (excluding diaryl/α,β-unsaturated/α-hetero) is 1. The number of aromatic nitrogens is 2. The molecule has 4 rings (SSSR count). The van der Waals surface area contributed by atoms with Crippen molar-refractivity contribution in [2.24, 2.45) is 0 Å². The van der Waals surface area contributed by atoms with E-state index in [0.29, 0.717) is 15.0 Å². The van der Waals surface area contributed by atoms with Crippen molar-refractivity contribution < 1.29 is 9.53 Å². The van der Waals surface area contributed by atoms with Crippen LogP contribution in [-0.4, -0.2) is 27.5 Å². The molecule has 0 spiro atoms. The number of rotatable bonds is 4. The van der Waals surface area contributed by atoms with Gasteiger partial charge in [0.15, 0.2) is 5.78 Å². The highest BCUT2D eigenvalue weighted by Crippen LogP contribution is 2.41. The van der Waals surface area contributed by atoms with E-state index in [1.165, 1.54) is 23.1 Å². The second kappa shape index (κ2) is 7.41. The molecule has 3 aromatic rings. The van der Waals surface area contributed by atoms with Crippen LogP contribution in [0.2, 0.25) is 0 Å². The average Bonchev–Trinajstić information content (AvgIpc) is 3.36. The minimum Gasteiger partial charge on any atom is -0.497 e. The highest BCUT2D eigenvalue weighted by molar-refractivity contribution is 8.19. The summed E-state index contributed by atoms with van der Waals surface area (Å²) in [6.45, 7) is 4.08. The Labute approximate surface area is 171 Å². The SMILES string of the molecule is COc1ccc(-n2c(C)cc(/C=C3\SC(=N)[C@H](c4nccs4)C3=O)c2C)cc1. The number of hydrogen-bond donors (Lipinski definition) is 1. The molecule has 0 saturated carbocycles. The molecule has 142 valence electrons. The number of thiazole rings is 1. The fraction of sp³-hybridized carbons (Fsp3) is 0.190. The van der Waals surface area contributed by atoms with Gasteiger partial charge in [0.1, 0.15) is 16.7 Å². The topological polar surface area (TPSA) is 68.0 Å². The summed E-state index contributed by atoms with van der Waals surface area (Å²) in [5.41, 5.74) is 4.15. The van der Waals surface area contributed by atoms with Crippen LogP contribution in [0, 0.1) is 19.3 Å². The van der Waals surface area contributed by atoms with Crippen LogP contribution in [0.3, 0.4) is 0 Å². The Bertz CT molecular complexity index is 1080. The Hall–Kier alpha value is -2.64. The lowest BCUT2D eigenvalue weighted by Crippen LogP contribution is -2.11. The standard InChI is InChI=1S/C21H19N3O2S2/c1-12-10-14(13(2)24(12)15-4-6-16(26-3)7-5-15)11-17-19(25)18(20(22)28-17)21-23-8-9-27-21/h4-11,18,22H,1-3H3/b17-11-,22-20?/t18-/m1/s1. The largest absolute Gasteiger partial charge is 0.497 e. The van der Waals surface area contributed by atoms with Gasteiger partial charge >= 0.3 is 0 Å². The molecule has 28 heavy (non-hydrogen) atoms. The number of nitrogens with zero attached hydrogens (tertiary/aromatic N) is 2. The number of allylic oxidation sites excluding steroid dienone is 1. The molecule has 2 aromatic heterocycles. The number of thioether (sulfide) groups is 1. The van der Waals surface area contributed by atoms with E-state index in [4.69, 9.17) is 10.1 Å². The zero-order valence-electron chi connectivity index (χ0n) is 15.7. The number of ether oxygens (including phenoxy) is 1. The molecule has 0 aliphatic carbocycles. The molecule has 1 aromatic carbocycles. The second-order valence-electron chi connectivity index (χ2n) is 6.50. The summed E-state index contributed by atoms with van der Waals surface area (Å²) in [6.07, 6.45) is 3.58. The maximum absolute atomic E-state index is 12.9.